The van der Waals surface area contributed by atoms with Crippen LogP contribution in [0.25, 0.3) is 0 Å². The van der Waals surface area contributed by atoms with Crippen LogP contribution in [0.15, 0.2) is 36.4 Å². The summed E-state index contributed by atoms with van der Waals surface area (Å²) < 4.78 is 11.1. The van der Waals surface area contributed by atoms with E-state index in [4.69, 9.17) is 27.5 Å². The fourth-order valence-corrected chi connectivity index (χ4v) is 3.84. The Balaban J connectivity index is 0.00000320. The first-order chi connectivity index (χ1) is 14.2. The summed E-state index contributed by atoms with van der Waals surface area (Å²) in [6, 6.07) is 12.6. The highest BCUT2D eigenvalue weighted by Gasteiger charge is 2.21. The molecular weight excluding hydrogens is 419 g/mol. The number of terminal acetylenes is 1. The van der Waals surface area contributed by atoms with Gasteiger partial charge in [-0.3, -0.25) is 0 Å². The minimum absolute atomic E-state index is 0. The predicted molar refractivity (Wildman–Crippen MR) is 128 cm³/mol. The second-order valence-corrected chi connectivity index (χ2v) is 7.57. The van der Waals surface area contributed by atoms with Crippen molar-refractivity contribution in [1.29, 1.82) is 0 Å². The lowest BCUT2D eigenvalue weighted by molar-refractivity contribution is 0.124. The summed E-state index contributed by atoms with van der Waals surface area (Å²) in [5.41, 5.74) is 5.10. The van der Waals surface area contributed by atoms with Crippen LogP contribution in [0, 0.1) is 12.3 Å². The molecule has 1 aliphatic heterocycles. The number of unbranched alkanes of at least 4 members (excludes halogenated alkanes) is 1. The van der Waals surface area contributed by atoms with Crippen molar-refractivity contribution in [2.45, 2.75) is 25.7 Å². The summed E-state index contributed by atoms with van der Waals surface area (Å²) in [6.45, 7) is 3.28. The summed E-state index contributed by atoms with van der Waals surface area (Å²) in [5.74, 6) is 3.33. The van der Waals surface area contributed by atoms with Gasteiger partial charge < -0.3 is 19.7 Å². The molecule has 0 amide bonds. The summed E-state index contributed by atoms with van der Waals surface area (Å²) >= 11 is 6.34. The Morgan fingerprint density at radius 3 is 2.70 bits per heavy atom. The van der Waals surface area contributed by atoms with E-state index in [1.165, 1.54) is 22.5 Å². The molecule has 3 rings (SSSR count). The van der Waals surface area contributed by atoms with Gasteiger partial charge in [0.2, 0.25) is 0 Å². The van der Waals surface area contributed by atoms with E-state index in [-0.39, 0.29) is 12.4 Å². The lowest BCUT2D eigenvalue weighted by Crippen LogP contribution is -2.21. The topological polar surface area (TPSA) is 33.7 Å². The molecule has 0 atom stereocenters. The Kier molecular flexibility index (Phi) is 10.3. The van der Waals surface area contributed by atoms with Crippen LogP contribution in [0.1, 0.15) is 24.0 Å². The first-order valence-corrected chi connectivity index (χ1v) is 10.6. The molecule has 162 valence electrons. The number of hydrogen-bond acceptors (Lipinski definition) is 4. The first kappa shape index (κ1) is 24.4. The largest absolute Gasteiger partial charge is 0.491 e. The fraction of sp³-hybridized carbons (Fsp3) is 0.417. The molecule has 0 saturated heterocycles. The van der Waals surface area contributed by atoms with Crippen molar-refractivity contribution in [2.75, 3.05) is 44.9 Å². The number of fused-ring (bicyclic) bond motifs is 2. The lowest BCUT2D eigenvalue weighted by Gasteiger charge is -2.27. The van der Waals surface area contributed by atoms with Crippen LogP contribution in [0.5, 0.6) is 5.75 Å². The number of halogens is 2. The van der Waals surface area contributed by atoms with Gasteiger partial charge in [0, 0.05) is 22.9 Å². The van der Waals surface area contributed by atoms with Crippen LogP contribution in [-0.2, 0) is 17.6 Å². The molecule has 0 unspecified atom stereocenters. The van der Waals surface area contributed by atoms with Gasteiger partial charge in [-0.25, -0.2) is 0 Å². The zero-order valence-corrected chi connectivity index (χ0v) is 19.0. The van der Waals surface area contributed by atoms with Crippen molar-refractivity contribution in [1.82, 2.24) is 5.32 Å². The maximum atomic E-state index is 6.34. The molecule has 2 aromatic rings. The van der Waals surface area contributed by atoms with E-state index in [0.29, 0.717) is 19.8 Å². The Bertz CT molecular complexity index is 852. The summed E-state index contributed by atoms with van der Waals surface area (Å²) in [4.78, 5) is 2.42. The molecule has 2 aromatic carbocycles. The standard InChI is InChI=1S/C24H29ClN2O2.ClH/c1-3-14-28-15-16-29-22-10-11-23-20(17-22)7-6-19-8-9-21(25)18-24(19)27(23)13-5-4-12-26-2;/h1,8-11,17-18,26H,4-7,12-16H2,2H3;1H. The van der Waals surface area contributed by atoms with E-state index >= 15 is 0 Å². The SMILES string of the molecule is C#CCOCCOc1ccc2c(c1)CCc1ccc(Cl)cc1N2CCCCNC.Cl. The van der Waals surface area contributed by atoms with Gasteiger partial charge in [-0.05, 0) is 80.7 Å². The predicted octanol–water partition coefficient (Wildman–Crippen LogP) is 5.03. The number of nitrogens with zero attached hydrogens (tertiary/aromatic N) is 1. The minimum atomic E-state index is 0. The second-order valence-electron chi connectivity index (χ2n) is 7.13. The van der Waals surface area contributed by atoms with E-state index in [9.17, 15) is 0 Å². The third kappa shape index (κ3) is 6.55. The number of nitrogens with one attached hydrogen (secondary N) is 1. The zero-order chi connectivity index (χ0) is 20.5. The van der Waals surface area contributed by atoms with Crippen molar-refractivity contribution in [3.8, 4) is 18.1 Å². The van der Waals surface area contributed by atoms with E-state index in [0.717, 1.165) is 49.5 Å². The third-order valence-electron chi connectivity index (χ3n) is 5.08. The molecular formula is C24H30Cl2N2O2. The molecule has 1 aliphatic rings. The van der Waals surface area contributed by atoms with Gasteiger partial charge in [0.05, 0.1) is 6.61 Å². The van der Waals surface area contributed by atoms with E-state index in [2.05, 4.69) is 40.4 Å². The molecule has 1 heterocycles. The second kappa shape index (κ2) is 12.7. The number of rotatable bonds is 10. The van der Waals surface area contributed by atoms with Crippen molar-refractivity contribution in [3.63, 3.8) is 0 Å². The Morgan fingerprint density at radius 2 is 1.90 bits per heavy atom. The molecule has 0 aromatic heterocycles. The normalized spacial score (nSPS) is 12.2. The molecule has 30 heavy (non-hydrogen) atoms. The van der Waals surface area contributed by atoms with Gasteiger partial charge in [0.15, 0.2) is 0 Å². The highest BCUT2D eigenvalue weighted by molar-refractivity contribution is 6.30. The average Bonchev–Trinajstić information content (AvgIpc) is 2.87. The molecule has 6 heteroatoms. The van der Waals surface area contributed by atoms with E-state index < -0.39 is 0 Å². The highest BCUT2D eigenvalue weighted by Crippen LogP contribution is 2.39. The quantitative estimate of drug-likeness (QED) is 0.408. The molecule has 1 N–H and O–H groups in total. The minimum Gasteiger partial charge on any atom is -0.491 e. The number of hydrogen-bond donors (Lipinski definition) is 1. The Labute approximate surface area is 191 Å². The third-order valence-corrected chi connectivity index (χ3v) is 5.32. The molecule has 0 aliphatic carbocycles. The van der Waals surface area contributed by atoms with Crippen LogP contribution >= 0.6 is 24.0 Å². The van der Waals surface area contributed by atoms with Gasteiger partial charge >= 0.3 is 0 Å². The monoisotopic (exact) mass is 448 g/mol. The zero-order valence-electron chi connectivity index (χ0n) is 17.5. The summed E-state index contributed by atoms with van der Waals surface area (Å²) in [5, 5.41) is 4.00. The van der Waals surface area contributed by atoms with Crippen LogP contribution in [0.2, 0.25) is 5.02 Å². The number of benzene rings is 2. The summed E-state index contributed by atoms with van der Waals surface area (Å²) in [7, 11) is 2.00. The van der Waals surface area contributed by atoms with Crippen LogP contribution in [0.3, 0.4) is 0 Å². The van der Waals surface area contributed by atoms with E-state index in [1.54, 1.807) is 0 Å². The highest BCUT2D eigenvalue weighted by atomic mass is 35.5. The maximum absolute atomic E-state index is 6.34. The van der Waals surface area contributed by atoms with Crippen molar-refractivity contribution < 1.29 is 9.47 Å². The summed E-state index contributed by atoms with van der Waals surface area (Å²) in [6.07, 6.45) is 9.40. The smallest absolute Gasteiger partial charge is 0.119 e. The van der Waals surface area contributed by atoms with Crippen LogP contribution < -0.4 is 15.0 Å². The van der Waals surface area contributed by atoms with Gasteiger partial charge in [0.25, 0.3) is 0 Å². The molecule has 0 spiro atoms. The van der Waals surface area contributed by atoms with Crippen LogP contribution in [0.4, 0.5) is 11.4 Å². The maximum Gasteiger partial charge on any atom is 0.119 e. The Hall–Kier alpha value is -1.90. The molecule has 0 fully saturated rings. The number of ether oxygens (including phenoxy) is 2. The molecule has 0 radical (unpaired) electrons. The number of anilines is 2. The number of aryl methyl sites for hydroxylation is 2. The van der Waals surface area contributed by atoms with Crippen LogP contribution in [-0.4, -0.2) is 40.0 Å². The molecule has 4 nitrogen and oxygen atoms in total. The van der Waals surface area contributed by atoms with Gasteiger partial charge in [-0.2, -0.15) is 0 Å². The van der Waals surface area contributed by atoms with Crippen molar-refractivity contribution in [3.05, 3.63) is 52.5 Å². The van der Waals surface area contributed by atoms with Gasteiger partial charge in [-0.15, -0.1) is 18.8 Å². The van der Waals surface area contributed by atoms with Gasteiger partial charge in [0.1, 0.15) is 19.0 Å². The lowest BCUT2D eigenvalue weighted by atomic mass is 10.0. The average molecular weight is 449 g/mol. The Morgan fingerprint density at radius 1 is 1.07 bits per heavy atom. The molecule has 0 saturated carbocycles. The van der Waals surface area contributed by atoms with E-state index in [1.807, 2.05) is 19.2 Å². The molecule has 0 bridgehead atoms. The van der Waals surface area contributed by atoms with Crippen molar-refractivity contribution in [2.24, 2.45) is 0 Å². The first-order valence-electron chi connectivity index (χ1n) is 10.2. The fourth-order valence-electron chi connectivity index (χ4n) is 3.68. The van der Waals surface area contributed by atoms with Crippen molar-refractivity contribution >= 4 is 35.4 Å². The van der Waals surface area contributed by atoms with Gasteiger partial charge in [-0.1, -0.05) is 23.6 Å².